The van der Waals surface area contributed by atoms with Gasteiger partial charge in [-0.15, -0.1) is 0 Å². The van der Waals surface area contributed by atoms with Gasteiger partial charge >= 0.3 is 0 Å². The molecule has 186 valence electrons. The number of hydrogen-bond acceptors (Lipinski definition) is 3. The van der Waals surface area contributed by atoms with Crippen molar-refractivity contribution in [2.45, 2.75) is 26.1 Å². The summed E-state index contributed by atoms with van der Waals surface area (Å²) in [4.78, 5) is 28.2. The molecule has 1 heterocycles. The van der Waals surface area contributed by atoms with E-state index in [4.69, 9.17) is 0 Å². The molecule has 0 aliphatic carbocycles. The molecule has 0 radical (unpaired) electrons. The van der Waals surface area contributed by atoms with Gasteiger partial charge in [-0.25, -0.2) is 0 Å². The average Bonchev–Trinajstić information content (AvgIpc) is 3.18. The first-order valence-electron chi connectivity index (χ1n) is 12.7. The highest BCUT2D eigenvalue weighted by Crippen LogP contribution is 2.35. The topological polar surface area (TPSA) is 61.4 Å². The van der Waals surface area contributed by atoms with Crippen LogP contribution >= 0.6 is 0 Å². The van der Waals surface area contributed by atoms with E-state index in [1.807, 2.05) is 114 Å². The highest BCUT2D eigenvalue weighted by atomic mass is 16.2. The third-order valence-corrected chi connectivity index (χ3v) is 6.61. The Morgan fingerprint density at radius 3 is 1.95 bits per heavy atom. The third kappa shape index (κ3) is 5.26. The Hall–Kier alpha value is -4.38. The third-order valence-electron chi connectivity index (χ3n) is 6.61. The largest absolute Gasteiger partial charge is 0.361 e. The maximum atomic E-state index is 13.3. The number of rotatable bonds is 8. The van der Waals surface area contributed by atoms with Gasteiger partial charge < -0.3 is 15.5 Å². The minimum atomic E-state index is -0.252. The molecule has 0 fully saturated rings. The standard InChI is InChI=1S/C32H31N3O2/c1-22(2)21-35-30(27-15-9-10-16-28(27)32(35)37)33-26-19-17-25(18-20-26)31(36)34-29(23-11-5-3-6-12-23)24-13-7-4-8-14-24/h3-20,22,29-30,33H,21H2,1-2H3,(H,34,36)/t30-/m1/s1. The lowest BCUT2D eigenvalue weighted by Gasteiger charge is -2.28. The second kappa shape index (κ2) is 10.7. The number of nitrogens with zero attached hydrogens (tertiary/aromatic N) is 1. The van der Waals surface area contributed by atoms with E-state index in [2.05, 4.69) is 24.5 Å². The first kappa shape index (κ1) is 24.3. The van der Waals surface area contributed by atoms with Crippen LogP contribution in [0.15, 0.2) is 109 Å². The number of amides is 2. The van der Waals surface area contributed by atoms with E-state index in [9.17, 15) is 9.59 Å². The van der Waals surface area contributed by atoms with E-state index in [1.54, 1.807) is 0 Å². The molecule has 37 heavy (non-hydrogen) atoms. The quantitative estimate of drug-likeness (QED) is 0.300. The van der Waals surface area contributed by atoms with Crippen molar-refractivity contribution in [3.63, 3.8) is 0 Å². The molecule has 2 amide bonds. The lowest BCUT2D eigenvalue weighted by atomic mass is 9.98. The fourth-order valence-electron chi connectivity index (χ4n) is 4.85. The highest BCUT2D eigenvalue weighted by Gasteiger charge is 2.36. The maximum absolute atomic E-state index is 13.3. The van der Waals surface area contributed by atoms with E-state index < -0.39 is 0 Å². The summed E-state index contributed by atoms with van der Waals surface area (Å²) in [6.45, 7) is 4.88. The first-order chi connectivity index (χ1) is 18.0. The predicted octanol–water partition coefficient (Wildman–Crippen LogP) is 6.43. The average molecular weight is 490 g/mol. The van der Waals surface area contributed by atoms with Crippen molar-refractivity contribution < 1.29 is 9.59 Å². The summed E-state index contributed by atoms with van der Waals surface area (Å²) in [6, 6.07) is 34.9. The van der Waals surface area contributed by atoms with Gasteiger partial charge in [0.1, 0.15) is 6.17 Å². The van der Waals surface area contributed by atoms with E-state index in [-0.39, 0.29) is 24.0 Å². The SMILES string of the molecule is CC(C)CN1C(=O)c2ccccc2[C@@H]1Nc1ccc(C(=O)NC(c2ccccc2)c2ccccc2)cc1. The second-order valence-electron chi connectivity index (χ2n) is 9.79. The Labute approximate surface area is 218 Å². The molecular formula is C32H31N3O2. The first-order valence-corrected chi connectivity index (χ1v) is 12.7. The summed E-state index contributed by atoms with van der Waals surface area (Å²) in [5.74, 6) is 0.244. The van der Waals surface area contributed by atoms with Crippen molar-refractivity contribution in [3.05, 3.63) is 137 Å². The summed E-state index contributed by atoms with van der Waals surface area (Å²) >= 11 is 0. The van der Waals surface area contributed by atoms with Crippen LogP contribution in [-0.4, -0.2) is 23.3 Å². The van der Waals surface area contributed by atoms with Crippen molar-refractivity contribution in [2.24, 2.45) is 5.92 Å². The van der Waals surface area contributed by atoms with Crippen LogP contribution in [0.2, 0.25) is 0 Å². The van der Waals surface area contributed by atoms with Crippen LogP contribution in [0.3, 0.4) is 0 Å². The van der Waals surface area contributed by atoms with E-state index in [0.29, 0.717) is 18.0 Å². The molecule has 5 nitrogen and oxygen atoms in total. The molecule has 0 unspecified atom stereocenters. The Morgan fingerprint density at radius 1 is 0.784 bits per heavy atom. The van der Waals surface area contributed by atoms with Crippen molar-refractivity contribution in [3.8, 4) is 0 Å². The number of hydrogen-bond donors (Lipinski definition) is 2. The summed E-state index contributed by atoms with van der Waals surface area (Å²) in [5, 5.41) is 6.71. The minimum Gasteiger partial charge on any atom is -0.361 e. The van der Waals surface area contributed by atoms with Crippen LogP contribution in [0.25, 0.3) is 0 Å². The Bertz CT molecular complexity index is 1330. The van der Waals surface area contributed by atoms with Crippen molar-refractivity contribution in [1.29, 1.82) is 0 Å². The molecule has 4 aromatic rings. The molecule has 1 aliphatic heterocycles. The van der Waals surface area contributed by atoms with Gasteiger partial charge in [-0.05, 0) is 47.4 Å². The Kier molecular flexibility index (Phi) is 7.04. The smallest absolute Gasteiger partial charge is 0.256 e. The molecule has 5 rings (SSSR count). The number of fused-ring (bicyclic) bond motifs is 1. The molecule has 0 aromatic heterocycles. The molecule has 2 N–H and O–H groups in total. The van der Waals surface area contributed by atoms with Gasteiger partial charge in [-0.1, -0.05) is 92.7 Å². The van der Waals surface area contributed by atoms with Crippen LogP contribution in [-0.2, 0) is 0 Å². The highest BCUT2D eigenvalue weighted by molar-refractivity contribution is 5.99. The fourth-order valence-corrected chi connectivity index (χ4v) is 4.85. The van der Waals surface area contributed by atoms with E-state index in [0.717, 1.165) is 27.9 Å². The normalized spacial score (nSPS) is 14.6. The summed E-state index contributed by atoms with van der Waals surface area (Å²) in [6.07, 6.45) is -0.244. The molecule has 4 aromatic carbocycles. The molecule has 0 saturated heterocycles. The Balaban J connectivity index is 1.34. The van der Waals surface area contributed by atoms with Crippen LogP contribution in [0, 0.1) is 5.92 Å². The molecule has 5 heteroatoms. The molecular weight excluding hydrogens is 458 g/mol. The summed E-state index contributed by atoms with van der Waals surface area (Å²) in [5.41, 5.74) is 5.19. The van der Waals surface area contributed by atoms with Gasteiger partial charge in [0, 0.05) is 28.9 Å². The predicted molar refractivity (Wildman–Crippen MR) is 147 cm³/mol. The van der Waals surface area contributed by atoms with Crippen LogP contribution in [0.1, 0.15) is 63.5 Å². The van der Waals surface area contributed by atoms with Crippen LogP contribution in [0.4, 0.5) is 5.69 Å². The number of benzene rings is 4. The molecule has 0 saturated carbocycles. The summed E-state index contributed by atoms with van der Waals surface area (Å²) in [7, 11) is 0. The number of nitrogens with one attached hydrogen (secondary N) is 2. The van der Waals surface area contributed by atoms with Crippen molar-refractivity contribution in [1.82, 2.24) is 10.2 Å². The lowest BCUT2D eigenvalue weighted by molar-refractivity contribution is 0.0720. The van der Waals surface area contributed by atoms with Gasteiger partial charge in [0.15, 0.2) is 0 Å². The zero-order chi connectivity index (χ0) is 25.8. The van der Waals surface area contributed by atoms with E-state index >= 15 is 0 Å². The summed E-state index contributed by atoms with van der Waals surface area (Å²) < 4.78 is 0. The van der Waals surface area contributed by atoms with Gasteiger partial charge in [0.05, 0.1) is 6.04 Å². The number of carbonyl (C=O) groups is 2. The van der Waals surface area contributed by atoms with Crippen LogP contribution < -0.4 is 10.6 Å². The van der Waals surface area contributed by atoms with Gasteiger partial charge in [0.2, 0.25) is 0 Å². The second-order valence-corrected chi connectivity index (χ2v) is 9.79. The molecule has 1 atom stereocenters. The molecule has 0 bridgehead atoms. The minimum absolute atomic E-state index is 0.0469. The van der Waals surface area contributed by atoms with E-state index in [1.165, 1.54) is 0 Å². The molecule has 0 spiro atoms. The Morgan fingerprint density at radius 2 is 1.35 bits per heavy atom. The van der Waals surface area contributed by atoms with Gasteiger partial charge in [-0.2, -0.15) is 0 Å². The molecule has 1 aliphatic rings. The monoisotopic (exact) mass is 489 g/mol. The zero-order valence-corrected chi connectivity index (χ0v) is 21.1. The van der Waals surface area contributed by atoms with Crippen LogP contribution in [0.5, 0.6) is 0 Å². The lowest BCUT2D eigenvalue weighted by Crippen LogP contribution is -2.35. The fraction of sp³-hybridized carbons (Fsp3) is 0.188. The number of carbonyl (C=O) groups excluding carboxylic acids is 2. The zero-order valence-electron chi connectivity index (χ0n) is 21.1. The van der Waals surface area contributed by atoms with Crippen molar-refractivity contribution in [2.75, 3.05) is 11.9 Å². The van der Waals surface area contributed by atoms with Crippen molar-refractivity contribution >= 4 is 17.5 Å². The maximum Gasteiger partial charge on any atom is 0.256 e. The number of anilines is 1. The van der Waals surface area contributed by atoms with Gasteiger partial charge in [0.25, 0.3) is 11.8 Å². The van der Waals surface area contributed by atoms with Gasteiger partial charge in [-0.3, -0.25) is 9.59 Å².